The van der Waals surface area contributed by atoms with Crippen LogP contribution >= 0.6 is 0 Å². The summed E-state index contributed by atoms with van der Waals surface area (Å²) in [5, 5.41) is 5.56. The third-order valence-electron chi connectivity index (χ3n) is 3.83. The van der Waals surface area contributed by atoms with E-state index in [4.69, 9.17) is 0 Å². The fourth-order valence-corrected chi connectivity index (χ4v) is 2.54. The number of hydrogen-bond acceptors (Lipinski definition) is 4. The maximum Gasteiger partial charge on any atom is 0.337 e. The minimum absolute atomic E-state index is 0.00889. The highest BCUT2D eigenvalue weighted by Gasteiger charge is 2.16. The highest BCUT2D eigenvalue weighted by molar-refractivity contribution is 6.05. The van der Waals surface area contributed by atoms with Crippen LogP contribution in [0.4, 0.5) is 11.4 Å². The predicted molar refractivity (Wildman–Crippen MR) is 89.1 cm³/mol. The average molecular weight is 324 g/mol. The lowest BCUT2D eigenvalue weighted by molar-refractivity contribution is -0.116. The molecular weight excluding hydrogens is 308 g/mol. The molecule has 3 rings (SSSR count). The van der Waals surface area contributed by atoms with Gasteiger partial charge in [0.25, 0.3) is 5.91 Å². The van der Waals surface area contributed by atoms with Gasteiger partial charge in [-0.2, -0.15) is 0 Å². The third-order valence-corrected chi connectivity index (χ3v) is 3.83. The maximum atomic E-state index is 12.3. The summed E-state index contributed by atoms with van der Waals surface area (Å²) in [6.07, 6.45) is 1.04. The Bertz CT molecular complexity index is 812. The molecule has 0 atom stereocenters. The van der Waals surface area contributed by atoms with Gasteiger partial charge in [0, 0.05) is 23.4 Å². The fraction of sp³-hybridized carbons (Fsp3) is 0.167. The van der Waals surface area contributed by atoms with E-state index in [9.17, 15) is 14.4 Å². The lowest BCUT2D eigenvalue weighted by Crippen LogP contribution is -2.20. The topological polar surface area (TPSA) is 84.5 Å². The van der Waals surface area contributed by atoms with Gasteiger partial charge in [0.05, 0.1) is 12.7 Å². The van der Waals surface area contributed by atoms with Crippen molar-refractivity contribution in [2.24, 2.45) is 0 Å². The van der Waals surface area contributed by atoms with E-state index in [1.807, 2.05) is 0 Å². The lowest BCUT2D eigenvalue weighted by Gasteiger charge is -2.17. The lowest BCUT2D eigenvalue weighted by atomic mass is 10.00. The smallest absolute Gasteiger partial charge is 0.337 e. The molecule has 0 unspecified atom stereocenters. The monoisotopic (exact) mass is 324 g/mol. The van der Waals surface area contributed by atoms with E-state index in [-0.39, 0.29) is 11.8 Å². The molecule has 0 spiro atoms. The summed E-state index contributed by atoms with van der Waals surface area (Å²) < 4.78 is 4.63. The highest BCUT2D eigenvalue weighted by Crippen LogP contribution is 2.24. The summed E-state index contributed by atoms with van der Waals surface area (Å²) in [5.41, 5.74) is 3.22. The summed E-state index contributed by atoms with van der Waals surface area (Å²) in [4.78, 5) is 35.1. The Morgan fingerprint density at radius 3 is 2.46 bits per heavy atom. The van der Waals surface area contributed by atoms with Crippen LogP contribution in [0.3, 0.4) is 0 Å². The van der Waals surface area contributed by atoms with E-state index in [0.29, 0.717) is 29.7 Å². The molecule has 0 aromatic heterocycles. The van der Waals surface area contributed by atoms with Crippen molar-refractivity contribution in [1.82, 2.24) is 0 Å². The minimum Gasteiger partial charge on any atom is -0.465 e. The molecule has 6 heteroatoms. The van der Waals surface area contributed by atoms with Crippen LogP contribution in [0.15, 0.2) is 42.5 Å². The zero-order valence-corrected chi connectivity index (χ0v) is 13.1. The van der Waals surface area contributed by atoms with Crippen LogP contribution in [0.2, 0.25) is 0 Å². The van der Waals surface area contributed by atoms with E-state index in [2.05, 4.69) is 15.4 Å². The second-order valence-corrected chi connectivity index (χ2v) is 5.44. The number of anilines is 2. The molecule has 1 heterocycles. The van der Waals surface area contributed by atoms with Gasteiger partial charge in [0.2, 0.25) is 5.91 Å². The molecular formula is C18H16N2O4. The van der Waals surface area contributed by atoms with Crippen molar-refractivity contribution >= 4 is 29.2 Å². The van der Waals surface area contributed by atoms with Crippen LogP contribution < -0.4 is 10.6 Å². The molecule has 2 amide bonds. The van der Waals surface area contributed by atoms with Crippen molar-refractivity contribution in [2.45, 2.75) is 12.8 Å². The molecule has 24 heavy (non-hydrogen) atoms. The molecule has 0 saturated heterocycles. The van der Waals surface area contributed by atoms with E-state index < -0.39 is 5.97 Å². The summed E-state index contributed by atoms with van der Waals surface area (Å²) in [6.45, 7) is 0. The van der Waals surface area contributed by atoms with E-state index in [0.717, 1.165) is 11.3 Å². The molecule has 1 aliphatic heterocycles. The number of rotatable bonds is 3. The number of ether oxygens (including phenoxy) is 1. The van der Waals surface area contributed by atoms with Crippen molar-refractivity contribution in [3.05, 3.63) is 59.2 Å². The maximum absolute atomic E-state index is 12.3. The molecule has 0 saturated carbocycles. The van der Waals surface area contributed by atoms with Crippen molar-refractivity contribution < 1.29 is 19.1 Å². The van der Waals surface area contributed by atoms with Gasteiger partial charge >= 0.3 is 5.97 Å². The first-order chi connectivity index (χ1) is 11.6. The number of methoxy groups -OCH3 is 1. The van der Waals surface area contributed by atoms with Crippen LogP contribution in [0.1, 0.15) is 32.7 Å². The Morgan fingerprint density at radius 2 is 1.75 bits per heavy atom. The van der Waals surface area contributed by atoms with Gasteiger partial charge in [-0.05, 0) is 54.4 Å². The Hall–Kier alpha value is -3.15. The number of hydrogen-bond donors (Lipinski definition) is 2. The first-order valence-electron chi connectivity index (χ1n) is 7.49. The average Bonchev–Trinajstić information content (AvgIpc) is 2.61. The molecule has 0 aliphatic carbocycles. The molecule has 0 fully saturated rings. The quantitative estimate of drug-likeness (QED) is 0.850. The van der Waals surface area contributed by atoms with Crippen LogP contribution in [0.5, 0.6) is 0 Å². The van der Waals surface area contributed by atoms with Crippen molar-refractivity contribution in [1.29, 1.82) is 0 Å². The van der Waals surface area contributed by atoms with Gasteiger partial charge in [0.1, 0.15) is 0 Å². The zero-order valence-electron chi connectivity index (χ0n) is 13.1. The number of esters is 1. The van der Waals surface area contributed by atoms with Gasteiger partial charge in [-0.15, -0.1) is 0 Å². The second kappa shape index (κ2) is 6.54. The Balaban J connectivity index is 1.73. The Kier molecular flexibility index (Phi) is 4.29. The Morgan fingerprint density at radius 1 is 1.04 bits per heavy atom. The highest BCUT2D eigenvalue weighted by atomic mass is 16.5. The van der Waals surface area contributed by atoms with E-state index in [1.165, 1.54) is 7.11 Å². The summed E-state index contributed by atoms with van der Waals surface area (Å²) in [6, 6.07) is 11.6. The zero-order chi connectivity index (χ0) is 17.1. The van der Waals surface area contributed by atoms with Crippen molar-refractivity contribution in [3.63, 3.8) is 0 Å². The van der Waals surface area contributed by atoms with E-state index >= 15 is 0 Å². The van der Waals surface area contributed by atoms with Crippen LogP contribution in [-0.4, -0.2) is 24.9 Å². The van der Waals surface area contributed by atoms with Crippen LogP contribution in [0.25, 0.3) is 0 Å². The number of aryl methyl sites for hydroxylation is 1. The van der Waals surface area contributed by atoms with Gasteiger partial charge < -0.3 is 15.4 Å². The number of benzene rings is 2. The van der Waals surface area contributed by atoms with Crippen LogP contribution in [-0.2, 0) is 16.0 Å². The first-order valence-corrected chi connectivity index (χ1v) is 7.49. The van der Waals surface area contributed by atoms with Gasteiger partial charge in [-0.1, -0.05) is 0 Å². The summed E-state index contributed by atoms with van der Waals surface area (Å²) in [7, 11) is 1.32. The summed E-state index contributed by atoms with van der Waals surface area (Å²) in [5.74, 6) is -0.685. The van der Waals surface area contributed by atoms with Crippen LogP contribution in [0, 0.1) is 0 Å². The molecule has 6 nitrogen and oxygen atoms in total. The van der Waals surface area contributed by atoms with Gasteiger partial charge in [-0.25, -0.2) is 4.79 Å². The minimum atomic E-state index is -0.426. The first kappa shape index (κ1) is 15.7. The fourth-order valence-electron chi connectivity index (χ4n) is 2.54. The third kappa shape index (κ3) is 3.27. The van der Waals surface area contributed by atoms with E-state index in [1.54, 1.807) is 42.5 Å². The number of nitrogens with one attached hydrogen (secondary N) is 2. The molecule has 2 aromatic rings. The normalized spacial score (nSPS) is 12.8. The van der Waals surface area contributed by atoms with Gasteiger partial charge in [-0.3, -0.25) is 9.59 Å². The van der Waals surface area contributed by atoms with Crippen molar-refractivity contribution in [2.75, 3.05) is 17.7 Å². The molecule has 2 N–H and O–H groups in total. The Labute approximate surface area is 138 Å². The molecule has 0 radical (unpaired) electrons. The largest absolute Gasteiger partial charge is 0.465 e. The van der Waals surface area contributed by atoms with Crippen molar-refractivity contribution in [3.8, 4) is 0 Å². The number of fused-ring (bicyclic) bond motifs is 1. The number of carbonyl (C=O) groups is 3. The SMILES string of the molecule is COC(=O)c1ccc(NC(=O)c2ccc3c(c2)CCC(=O)N3)cc1. The number of carbonyl (C=O) groups excluding carboxylic acids is 3. The van der Waals surface area contributed by atoms with Gasteiger partial charge in [0.15, 0.2) is 0 Å². The summed E-state index contributed by atoms with van der Waals surface area (Å²) >= 11 is 0. The number of amides is 2. The molecule has 2 aromatic carbocycles. The standard InChI is InChI=1S/C18H16N2O4/c1-24-18(23)11-2-6-14(7-3-11)19-17(22)13-4-8-15-12(10-13)5-9-16(21)20-15/h2-4,6-8,10H,5,9H2,1H3,(H,19,22)(H,20,21). The molecule has 1 aliphatic rings. The second-order valence-electron chi connectivity index (χ2n) is 5.44. The molecule has 122 valence electrons. The predicted octanol–water partition coefficient (Wildman–Crippen LogP) is 2.61. The molecule has 0 bridgehead atoms.